The third-order valence-corrected chi connectivity index (χ3v) is 3.74. The van der Waals surface area contributed by atoms with E-state index in [4.69, 9.17) is 0 Å². The van der Waals surface area contributed by atoms with Gasteiger partial charge in [-0.1, -0.05) is 46.3 Å². The lowest BCUT2D eigenvalue weighted by molar-refractivity contribution is 0.507. The van der Waals surface area contributed by atoms with Crippen LogP contribution in [0.5, 0.6) is 0 Å². The highest BCUT2D eigenvalue weighted by molar-refractivity contribution is 9.09. The highest BCUT2D eigenvalue weighted by Crippen LogP contribution is 2.29. The predicted molar refractivity (Wildman–Crippen MR) is 72.9 cm³/mol. The Morgan fingerprint density at radius 2 is 1.78 bits per heavy atom. The molecular formula is C15H13BrF2. The summed E-state index contributed by atoms with van der Waals surface area (Å²) in [6, 6.07) is 12.1. The monoisotopic (exact) mass is 310 g/mol. The summed E-state index contributed by atoms with van der Waals surface area (Å²) in [4.78, 5) is 0.101. The van der Waals surface area contributed by atoms with Crippen molar-refractivity contribution in [2.24, 2.45) is 0 Å². The first-order valence-corrected chi connectivity index (χ1v) is 6.63. The molecule has 0 saturated heterocycles. The fraction of sp³-hybridized carbons (Fsp3) is 0.200. The molecule has 18 heavy (non-hydrogen) atoms. The smallest absolute Gasteiger partial charge is 0.159 e. The summed E-state index contributed by atoms with van der Waals surface area (Å²) in [7, 11) is 0. The van der Waals surface area contributed by atoms with Gasteiger partial charge in [0.15, 0.2) is 11.6 Å². The predicted octanol–water partition coefficient (Wildman–Crippen LogP) is 4.95. The Kier molecular flexibility index (Phi) is 4.12. The topological polar surface area (TPSA) is 0 Å². The maximum atomic E-state index is 13.1. The first-order valence-electron chi connectivity index (χ1n) is 5.71. The largest absolute Gasteiger partial charge is 0.204 e. The number of aryl methyl sites for hydroxylation is 1. The molecule has 0 aromatic heterocycles. The van der Waals surface area contributed by atoms with E-state index in [-0.39, 0.29) is 4.83 Å². The lowest BCUT2D eigenvalue weighted by Crippen LogP contribution is -1.99. The molecule has 0 bridgehead atoms. The number of benzene rings is 2. The van der Waals surface area contributed by atoms with Gasteiger partial charge >= 0.3 is 0 Å². The molecule has 2 aromatic carbocycles. The van der Waals surface area contributed by atoms with E-state index in [2.05, 4.69) is 15.9 Å². The molecule has 0 heterocycles. The SMILES string of the molecule is Cc1ccccc1C(Br)Cc1ccc(F)c(F)c1. The van der Waals surface area contributed by atoms with Crippen LogP contribution in [0.15, 0.2) is 42.5 Å². The summed E-state index contributed by atoms with van der Waals surface area (Å²) < 4.78 is 26.0. The van der Waals surface area contributed by atoms with Crippen LogP contribution in [-0.4, -0.2) is 0 Å². The Labute approximate surface area is 114 Å². The molecule has 2 aromatic rings. The van der Waals surface area contributed by atoms with Gasteiger partial charge in [-0.2, -0.15) is 0 Å². The molecule has 94 valence electrons. The lowest BCUT2D eigenvalue weighted by Gasteiger charge is -2.13. The van der Waals surface area contributed by atoms with Gasteiger partial charge in [-0.25, -0.2) is 8.78 Å². The average Bonchev–Trinajstić information content (AvgIpc) is 2.34. The van der Waals surface area contributed by atoms with Gasteiger partial charge in [0.25, 0.3) is 0 Å². The normalized spacial score (nSPS) is 12.4. The van der Waals surface area contributed by atoms with Gasteiger partial charge in [-0.05, 0) is 42.2 Å². The minimum Gasteiger partial charge on any atom is -0.204 e. The van der Waals surface area contributed by atoms with E-state index in [9.17, 15) is 8.78 Å². The minimum atomic E-state index is -0.805. The van der Waals surface area contributed by atoms with Crippen LogP contribution in [0, 0.1) is 18.6 Å². The number of hydrogen-bond acceptors (Lipinski definition) is 0. The zero-order chi connectivity index (χ0) is 13.1. The molecular weight excluding hydrogens is 298 g/mol. The van der Waals surface area contributed by atoms with Crippen molar-refractivity contribution in [2.75, 3.05) is 0 Å². The Morgan fingerprint density at radius 1 is 1.06 bits per heavy atom. The quantitative estimate of drug-likeness (QED) is 0.703. The van der Waals surface area contributed by atoms with Crippen LogP contribution in [-0.2, 0) is 6.42 Å². The maximum Gasteiger partial charge on any atom is 0.159 e. The van der Waals surface area contributed by atoms with Crippen LogP contribution in [0.2, 0.25) is 0 Å². The molecule has 0 spiro atoms. The standard InChI is InChI=1S/C15H13BrF2/c1-10-4-2-3-5-12(10)13(16)8-11-6-7-14(17)15(18)9-11/h2-7,9,13H,8H2,1H3. The summed E-state index contributed by atoms with van der Waals surface area (Å²) in [5.41, 5.74) is 3.13. The molecule has 1 unspecified atom stereocenters. The highest BCUT2D eigenvalue weighted by Gasteiger charge is 2.12. The Hall–Kier alpha value is -1.22. The van der Waals surface area contributed by atoms with E-state index in [1.54, 1.807) is 6.07 Å². The molecule has 1 atom stereocenters. The van der Waals surface area contributed by atoms with Crippen LogP contribution in [0.25, 0.3) is 0 Å². The molecule has 0 aliphatic rings. The van der Waals surface area contributed by atoms with Crippen LogP contribution in [0.3, 0.4) is 0 Å². The van der Waals surface area contributed by atoms with E-state index in [0.29, 0.717) is 6.42 Å². The molecule has 0 aliphatic carbocycles. The summed E-state index contributed by atoms with van der Waals surface area (Å²) in [5.74, 6) is -1.60. The molecule has 3 heteroatoms. The molecule has 0 saturated carbocycles. The van der Waals surface area contributed by atoms with E-state index in [0.717, 1.165) is 5.56 Å². The van der Waals surface area contributed by atoms with Gasteiger partial charge in [-0.3, -0.25) is 0 Å². The minimum absolute atomic E-state index is 0.101. The fourth-order valence-corrected chi connectivity index (χ4v) is 2.81. The Bertz CT molecular complexity index is 552. The van der Waals surface area contributed by atoms with Gasteiger partial charge in [0.2, 0.25) is 0 Å². The van der Waals surface area contributed by atoms with E-state index < -0.39 is 11.6 Å². The first kappa shape index (κ1) is 13.2. The van der Waals surface area contributed by atoms with Crippen molar-refractivity contribution in [3.63, 3.8) is 0 Å². The second kappa shape index (κ2) is 5.61. The number of hydrogen-bond donors (Lipinski definition) is 0. The van der Waals surface area contributed by atoms with Gasteiger partial charge < -0.3 is 0 Å². The molecule has 0 radical (unpaired) electrons. The average molecular weight is 311 g/mol. The van der Waals surface area contributed by atoms with Gasteiger partial charge in [0.1, 0.15) is 0 Å². The van der Waals surface area contributed by atoms with E-state index in [1.165, 1.54) is 23.3 Å². The van der Waals surface area contributed by atoms with E-state index >= 15 is 0 Å². The molecule has 0 amide bonds. The summed E-state index contributed by atoms with van der Waals surface area (Å²) >= 11 is 3.60. The molecule has 0 fully saturated rings. The van der Waals surface area contributed by atoms with Crippen molar-refractivity contribution in [3.05, 3.63) is 70.8 Å². The maximum absolute atomic E-state index is 13.1. The first-order chi connectivity index (χ1) is 8.58. The van der Waals surface area contributed by atoms with Crippen molar-refractivity contribution in [2.45, 2.75) is 18.2 Å². The van der Waals surface area contributed by atoms with Crippen molar-refractivity contribution in [1.82, 2.24) is 0 Å². The lowest BCUT2D eigenvalue weighted by atomic mass is 10.0. The second-order valence-corrected chi connectivity index (χ2v) is 5.38. The van der Waals surface area contributed by atoms with Crippen molar-refractivity contribution in [3.8, 4) is 0 Å². The fourth-order valence-electron chi connectivity index (χ4n) is 1.92. The number of rotatable bonds is 3. The zero-order valence-electron chi connectivity index (χ0n) is 9.96. The van der Waals surface area contributed by atoms with Crippen LogP contribution in [0.4, 0.5) is 8.78 Å². The third-order valence-electron chi connectivity index (χ3n) is 2.92. The van der Waals surface area contributed by atoms with Crippen molar-refractivity contribution < 1.29 is 8.78 Å². The Morgan fingerprint density at radius 3 is 2.44 bits per heavy atom. The molecule has 0 N–H and O–H groups in total. The molecule has 0 nitrogen and oxygen atoms in total. The second-order valence-electron chi connectivity index (χ2n) is 4.28. The summed E-state index contributed by atoms with van der Waals surface area (Å²) in [6.45, 7) is 2.04. The van der Waals surface area contributed by atoms with Gasteiger partial charge in [0, 0.05) is 4.83 Å². The molecule has 0 aliphatic heterocycles. The van der Waals surface area contributed by atoms with Gasteiger partial charge in [-0.15, -0.1) is 0 Å². The molecule has 2 rings (SSSR count). The Balaban J connectivity index is 2.19. The number of alkyl halides is 1. The zero-order valence-corrected chi connectivity index (χ0v) is 11.5. The van der Waals surface area contributed by atoms with Crippen molar-refractivity contribution in [1.29, 1.82) is 0 Å². The van der Waals surface area contributed by atoms with Crippen LogP contribution < -0.4 is 0 Å². The summed E-state index contributed by atoms with van der Waals surface area (Å²) in [6.07, 6.45) is 0.627. The highest BCUT2D eigenvalue weighted by atomic mass is 79.9. The van der Waals surface area contributed by atoms with Crippen LogP contribution >= 0.6 is 15.9 Å². The number of halogens is 3. The van der Waals surface area contributed by atoms with Gasteiger partial charge in [0.05, 0.1) is 0 Å². The van der Waals surface area contributed by atoms with Crippen LogP contribution in [0.1, 0.15) is 21.5 Å². The van der Waals surface area contributed by atoms with Crippen molar-refractivity contribution >= 4 is 15.9 Å². The third kappa shape index (κ3) is 2.96. The summed E-state index contributed by atoms with van der Waals surface area (Å²) in [5, 5.41) is 0. The van der Waals surface area contributed by atoms with E-state index in [1.807, 2.05) is 31.2 Å².